The van der Waals surface area contributed by atoms with E-state index in [1.165, 1.54) is 0 Å². The van der Waals surface area contributed by atoms with Crippen LogP contribution in [0.5, 0.6) is 0 Å². The van der Waals surface area contributed by atoms with E-state index in [0.29, 0.717) is 11.3 Å². The van der Waals surface area contributed by atoms with E-state index in [1.807, 2.05) is 36.2 Å². The van der Waals surface area contributed by atoms with Crippen LogP contribution in [0.1, 0.15) is 36.0 Å². The number of hydrogen-bond donors (Lipinski definition) is 1. The van der Waals surface area contributed by atoms with Gasteiger partial charge in [0.1, 0.15) is 0 Å². The Labute approximate surface area is 137 Å². The number of amides is 2. The van der Waals surface area contributed by atoms with Gasteiger partial charge in [-0.2, -0.15) is 0 Å². The molecule has 23 heavy (non-hydrogen) atoms. The lowest BCUT2D eigenvalue weighted by Crippen LogP contribution is -2.38. The van der Waals surface area contributed by atoms with Gasteiger partial charge in [-0.3, -0.25) is 9.59 Å². The Kier molecular flexibility index (Phi) is 4.96. The molecule has 0 bridgehead atoms. The molecule has 2 aliphatic rings. The van der Waals surface area contributed by atoms with Crippen LogP contribution in [-0.2, 0) is 4.79 Å². The number of nitrogens with one attached hydrogen (secondary N) is 1. The molecule has 2 aliphatic heterocycles. The molecule has 3 rings (SSSR count). The molecule has 5 heteroatoms. The highest BCUT2D eigenvalue weighted by molar-refractivity contribution is 6.04. The molecule has 1 N–H and O–H groups in total. The second kappa shape index (κ2) is 7.13. The number of hydrogen-bond acceptors (Lipinski definition) is 3. The molecule has 2 saturated heterocycles. The normalized spacial score (nSPS) is 22.1. The third kappa shape index (κ3) is 3.72. The summed E-state index contributed by atoms with van der Waals surface area (Å²) in [5.41, 5.74) is 1.24. The molecule has 2 heterocycles. The molecule has 0 aromatic heterocycles. The Morgan fingerprint density at radius 2 is 1.83 bits per heavy atom. The first-order chi connectivity index (χ1) is 11.1. The van der Waals surface area contributed by atoms with Crippen LogP contribution >= 0.6 is 0 Å². The van der Waals surface area contributed by atoms with Gasteiger partial charge in [0.25, 0.3) is 5.91 Å². The van der Waals surface area contributed by atoms with Gasteiger partial charge in [0.15, 0.2) is 0 Å². The van der Waals surface area contributed by atoms with Gasteiger partial charge in [0.05, 0.1) is 17.2 Å². The molecule has 0 radical (unpaired) electrons. The maximum atomic E-state index is 12.6. The molecule has 0 aliphatic carbocycles. The van der Waals surface area contributed by atoms with E-state index in [1.54, 1.807) is 0 Å². The highest BCUT2D eigenvalue weighted by Gasteiger charge is 2.26. The van der Waals surface area contributed by atoms with Crippen LogP contribution in [-0.4, -0.2) is 54.8 Å². The third-order valence-corrected chi connectivity index (χ3v) is 4.80. The fourth-order valence-electron chi connectivity index (χ4n) is 3.48. The van der Waals surface area contributed by atoms with Crippen LogP contribution < -0.4 is 5.32 Å². The van der Waals surface area contributed by atoms with Crippen LogP contribution in [0.15, 0.2) is 24.3 Å². The molecule has 0 saturated carbocycles. The summed E-state index contributed by atoms with van der Waals surface area (Å²) >= 11 is 0. The maximum absolute atomic E-state index is 12.6. The van der Waals surface area contributed by atoms with E-state index >= 15 is 0 Å². The molecule has 1 aromatic carbocycles. The molecule has 5 nitrogen and oxygen atoms in total. The molecular weight excluding hydrogens is 290 g/mol. The van der Waals surface area contributed by atoms with Crippen LogP contribution in [0.3, 0.4) is 0 Å². The van der Waals surface area contributed by atoms with E-state index in [9.17, 15) is 9.59 Å². The summed E-state index contributed by atoms with van der Waals surface area (Å²) in [5.74, 6) is 0.0566. The van der Waals surface area contributed by atoms with Gasteiger partial charge in [-0.1, -0.05) is 12.1 Å². The summed E-state index contributed by atoms with van der Waals surface area (Å²) in [6, 6.07) is 7.35. The standard InChI is InChI=1S/C18H25N3O2/c1-20-10-6-7-14(13-20)17(22)19-16-9-3-2-8-15(16)18(23)21-11-4-5-12-21/h2-3,8-9,14H,4-7,10-13H2,1H3,(H,19,22). The fourth-order valence-corrected chi connectivity index (χ4v) is 3.48. The average molecular weight is 315 g/mol. The molecular formula is C18H25N3O2. The van der Waals surface area contributed by atoms with Gasteiger partial charge in [-0.25, -0.2) is 0 Å². The monoisotopic (exact) mass is 315 g/mol. The lowest BCUT2D eigenvalue weighted by molar-refractivity contribution is -0.121. The number of rotatable bonds is 3. The molecule has 2 amide bonds. The fraction of sp³-hybridized carbons (Fsp3) is 0.556. The number of para-hydroxylation sites is 1. The van der Waals surface area contributed by atoms with Gasteiger partial charge in [-0.05, 0) is 51.4 Å². The summed E-state index contributed by atoms with van der Waals surface area (Å²) in [6.45, 7) is 3.46. The lowest BCUT2D eigenvalue weighted by atomic mass is 9.97. The summed E-state index contributed by atoms with van der Waals surface area (Å²) in [5, 5.41) is 2.99. The highest BCUT2D eigenvalue weighted by Crippen LogP contribution is 2.22. The van der Waals surface area contributed by atoms with Crippen molar-refractivity contribution in [2.75, 3.05) is 38.5 Å². The second-order valence-electron chi connectivity index (χ2n) is 6.64. The van der Waals surface area contributed by atoms with Crippen molar-refractivity contribution in [2.45, 2.75) is 25.7 Å². The second-order valence-corrected chi connectivity index (χ2v) is 6.64. The largest absolute Gasteiger partial charge is 0.339 e. The van der Waals surface area contributed by atoms with Crippen LogP contribution in [0.4, 0.5) is 5.69 Å². The number of benzene rings is 1. The zero-order chi connectivity index (χ0) is 16.2. The first-order valence-electron chi connectivity index (χ1n) is 8.53. The topological polar surface area (TPSA) is 52.7 Å². The zero-order valence-corrected chi connectivity index (χ0v) is 13.8. The lowest BCUT2D eigenvalue weighted by Gasteiger charge is -2.29. The smallest absolute Gasteiger partial charge is 0.255 e. The van der Waals surface area contributed by atoms with Crippen molar-refractivity contribution in [2.24, 2.45) is 5.92 Å². The third-order valence-electron chi connectivity index (χ3n) is 4.80. The number of likely N-dealkylation sites (tertiary alicyclic amines) is 2. The first-order valence-corrected chi connectivity index (χ1v) is 8.53. The minimum Gasteiger partial charge on any atom is -0.339 e. The van der Waals surface area contributed by atoms with Crippen molar-refractivity contribution < 1.29 is 9.59 Å². The van der Waals surface area contributed by atoms with Gasteiger partial charge < -0.3 is 15.1 Å². The number of nitrogens with zero attached hydrogens (tertiary/aromatic N) is 2. The SMILES string of the molecule is CN1CCCC(C(=O)Nc2ccccc2C(=O)N2CCCC2)C1. The van der Waals surface area contributed by atoms with E-state index < -0.39 is 0 Å². The molecule has 2 fully saturated rings. The van der Waals surface area contributed by atoms with Gasteiger partial charge in [0, 0.05) is 19.6 Å². The summed E-state index contributed by atoms with van der Waals surface area (Å²) in [4.78, 5) is 29.3. The Bertz CT molecular complexity index is 581. The van der Waals surface area contributed by atoms with Crippen molar-refractivity contribution >= 4 is 17.5 Å². The number of carbonyl (C=O) groups excluding carboxylic acids is 2. The quantitative estimate of drug-likeness (QED) is 0.930. The number of anilines is 1. The van der Waals surface area contributed by atoms with Gasteiger partial charge in [0.2, 0.25) is 5.91 Å². The first kappa shape index (κ1) is 16.0. The van der Waals surface area contributed by atoms with E-state index in [-0.39, 0.29) is 17.7 Å². The van der Waals surface area contributed by atoms with E-state index in [4.69, 9.17) is 0 Å². The molecule has 1 unspecified atom stereocenters. The minimum atomic E-state index is 0.00342. The summed E-state index contributed by atoms with van der Waals surface area (Å²) < 4.78 is 0. The number of carbonyl (C=O) groups is 2. The maximum Gasteiger partial charge on any atom is 0.255 e. The summed E-state index contributed by atoms with van der Waals surface area (Å²) in [7, 11) is 2.05. The highest BCUT2D eigenvalue weighted by atomic mass is 16.2. The van der Waals surface area contributed by atoms with Gasteiger partial charge >= 0.3 is 0 Å². The Balaban J connectivity index is 1.72. The van der Waals surface area contributed by atoms with Crippen LogP contribution in [0.25, 0.3) is 0 Å². The van der Waals surface area contributed by atoms with Crippen molar-refractivity contribution in [3.05, 3.63) is 29.8 Å². The Morgan fingerprint density at radius 3 is 2.57 bits per heavy atom. The molecule has 1 atom stereocenters. The summed E-state index contributed by atoms with van der Waals surface area (Å²) in [6.07, 6.45) is 4.09. The van der Waals surface area contributed by atoms with E-state index in [0.717, 1.165) is 51.9 Å². The van der Waals surface area contributed by atoms with Crippen molar-refractivity contribution in [1.29, 1.82) is 0 Å². The van der Waals surface area contributed by atoms with E-state index in [2.05, 4.69) is 10.2 Å². The minimum absolute atomic E-state index is 0.00342. The van der Waals surface area contributed by atoms with Crippen molar-refractivity contribution in [3.63, 3.8) is 0 Å². The predicted molar refractivity (Wildman–Crippen MR) is 90.4 cm³/mol. The Morgan fingerprint density at radius 1 is 1.09 bits per heavy atom. The van der Waals surface area contributed by atoms with Crippen molar-refractivity contribution in [1.82, 2.24) is 9.80 Å². The Hall–Kier alpha value is -1.88. The molecule has 124 valence electrons. The molecule has 0 spiro atoms. The number of piperidine rings is 1. The van der Waals surface area contributed by atoms with Crippen LogP contribution in [0.2, 0.25) is 0 Å². The van der Waals surface area contributed by atoms with Crippen LogP contribution in [0, 0.1) is 5.92 Å². The van der Waals surface area contributed by atoms with Crippen molar-refractivity contribution in [3.8, 4) is 0 Å². The zero-order valence-electron chi connectivity index (χ0n) is 13.8. The average Bonchev–Trinajstić information content (AvgIpc) is 3.09. The predicted octanol–water partition coefficient (Wildman–Crippen LogP) is 2.20. The molecule has 1 aromatic rings. The van der Waals surface area contributed by atoms with Gasteiger partial charge in [-0.15, -0.1) is 0 Å².